The monoisotopic (exact) mass is 192 g/mol. The SMILES string of the molecule is C=C1CCC[C@@]2(C)C1CC[C@@H]2C(C)C. The van der Waals surface area contributed by atoms with Gasteiger partial charge in [0.2, 0.25) is 0 Å². The van der Waals surface area contributed by atoms with Crippen molar-refractivity contribution in [3.8, 4) is 0 Å². The molecule has 0 saturated heterocycles. The lowest BCUT2D eigenvalue weighted by molar-refractivity contribution is 0.104. The van der Waals surface area contributed by atoms with E-state index < -0.39 is 0 Å². The van der Waals surface area contributed by atoms with Crippen LogP contribution in [0.15, 0.2) is 12.2 Å². The molecule has 0 spiro atoms. The minimum Gasteiger partial charge on any atom is -0.0996 e. The predicted molar refractivity (Wildman–Crippen MR) is 62.2 cm³/mol. The first-order chi connectivity index (χ1) is 6.55. The summed E-state index contributed by atoms with van der Waals surface area (Å²) in [5.41, 5.74) is 2.16. The zero-order valence-electron chi connectivity index (χ0n) is 9.97. The normalized spacial score (nSPS) is 43.0. The second-order valence-corrected chi connectivity index (χ2v) is 6.00. The van der Waals surface area contributed by atoms with Gasteiger partial charge in [-0.25, -0.2) is 0 Å². The van der Waals surface area contributed by atoms with E-state index in [1.165, 1.54) is 32.1 Å². The van der Waals surface area contributed by atoms with Crippen LogP contribution in [0, 0.1) is 23.2 Å². The molecule has 2 aliphatic rings. The Morgan fingerprint density at radius 1 is 1.36 bits per heavy atom. The van der Waals surface area contributed by atoms with Crippen LogP contribution >= 0.6 is 0 Å². The van der Waals surface area contributed by atoms with Gasteiger partial charge in [0, 0.05) is 0 Å². The highest BCUT2D eigenvalue weighted by Gasteiger charge is 2.49. The fourth-order valence-electron chi connectivity index (χ4n) is 4.26. The largest absolute Gasteiger partial charge is 0.0996 e. The highest BCUT2D eigenvalue weighted by atomic mass is 14.5. The van der Waals surface area contributed by atoms with Crippen molar-refractivity contribution in [3.63, 3.8) is 0 Å². The molecule has 14 heavy (non-hydrogen) atoms. The minimum atomic E-state index is 0.601. The highest BCUT2D eigenvalue weighted by molar-refractivity contribution is 5.15. The topological polar surface area (TPSA) is 0 Å². The van der Waals surface area contributed by atoms with Crippen molar-refractivity contribution in [2.45, 2.75) is 52.9 Å². The molecule has 0 aromatic heterocycles. The summed E-state index contributed by atoms with van der Waals surface area (Å²) in [5, 5.41) is 0. The maximum atomic E-state index is 4.30. The molecule has 2 rings (SSSR count). The van der Waals surface area contributed by atoms with Gasteiger partial charge in [0.05, 0.1) is 0 Å². The standard InChI is InChI=1S/C14H24/c1-10(2)12-7-8-13-11(3)6-5-9-14(12,13)4/h10,12-13H,3,5-9H2,1-2,4H3/t12-,13?,14-/m1/s1. The molecule has 0 bridgehead atoms. The third kappa shape index (κ3) is 1.34. The van der Waals surface area contributed by atoms with E-state index >= 15 is 0 Å². The van der Waals surface area contributed by atoms with E-state index in [4.69, 9.17) is 0 Å². The van der Waals surface area contributed by atoms with Crippen molar-refractivity contribution in [2.24, 2.45) is 23.2 Å². The number of hydrogen-bond acceptors (Lipinski definition) is 0. The van der Waals surface area contributed by atoms with Crippen molar-refractivity contribution < 1.29 is 0 Å². The lowest BCUT2D eigenvalue weighted by Gasteiger charge is -2.43. The zero-order valence-corrected chi connectivity index (χ0v) is 9.97. The van der Waals surface area contributed by atoms with Crippen molar-refractivity contribution in [3.05, 3.63) is 12.2 Å². The molecular weight excluding hydrogens is 168 g/mol. The van der Waals surface area contributed by atoms with Gasteiger partial charge in [-0.1, -0.05) is 32.9 Å². The van der Waals surface area contributed by atoms with Crippen LogP contribution in [0.25, 0.3) is 0 Å². The lowest BCUT2D eigenvalue weighted by atomic mass is 9.62. The van der Waals surface area contributed by atoms with Gasteiger partial charge in [-0.15, -0.1) is 0 Å². The second-order valence-electron chi connectivity index (χ2n) is 6.00. The van der Waals surface area contributed by atoms with Crippen LogP contribution in [0.3, 0.4) is 0 Å². The molecule has 2 aliphatic carbocycles. The second kappa shape index (κ2) is 3.40. The first kappa shape index (κ1) is 10.3. The Bertz CT molecular complexity index is 238. The number of hydrogen-bond donors (Lipinski definition) is 0. The minimum absolute atomic E-state index is 0.601. The van der Waals surface area contributed by atoms with Crippen LogP contribution in [0.4, 0.5) is 0 Å². The Balaban J connectivity index is 2.24. The van der Waals surface area contributed by atoms with Gasteiger partial charge in [0.25, 0.3) is 0 Å². The number of fused-ring (bicyclic) bond motifs is 1. The van der Waals surface area contributed by atoms with Crippen LogP contribution < -0.4 is 0 Å². The summed E-state index contributed by atoms with van der Waals surface area (Å²) < 4.78 is 0. The quantitative estimate of drug-likeness (QED) is 0.540. The number of rotatable bonds is 1. The maximum absolute atomic E-state index is 4.30. The summed E-state index contributed by atoms with van der Waals surface area (Å²) >= 11 is 0. The summed E-state index contributed by atoms with van der Waals surface area (Å²) in [4.78, 5) is 0. The van der Waals surface area contributed by atoms with E-state index in [0.717, 1.165) is 17.8 Å². The van der Waals surface area contributed by atoms with Gasteiger partial charge < -0.3 is 0 Å². The lowest BCUT2D eigenvalue weighted by Crippen LogP contribution is -2.35. The maximum Gasteiger partial charge on any atom is -0.0149 e. The molecule has 0 amide bonds. The third-order valence-electron chi connectivity index (χ3n) is 4.92. The zero-order chi connectivity index (χ0) is 10.3. The summed E-state index contributed by atoms with van der Waals surface area (Å²) in [6, 6.07) is 0. The Morgan fingerprint density at radius 2 is 2.07 bits per heavy atom. The molecule has 0 heteroatoms. The molecule has 2 saturated carbocycles. The highest BCUT2D eigenvalue weighted by Crippen LogP contribution is 2.58. The van der Waals surface area contributed by atoms with Crippen LogP contribution in [0.1, 0.15) is 52.9 Å². The van der Waals surface area contributed by atoms with Gasteiger partial charge in [-0.05, 0) is 55.3 Å². The van der Waals surface area contributed by atoms with Gasteiger partial charge in [-0.2, -0.15) is 0 Å². The van der Waals surface area contributed by atoms with E-state index in [9.17, 15) is 0 Å². The van der Waals surface area contributed by atoms with Crippen LogP contribution in [0.2, 0.25) is 0 Å². The molecule has 0 nitrogen and oxygen atoms in total. The molecule has 0 aromatic carbocycles. The Hall–Kier alpha value is -0.260. The average molecular weight is 192 g/mol. The Labute approximate surface area is 88.8 Å². The molecule has 1 unspecified atom stereocenters. The van der Waals surface area contributed by atoms with Crippen molar-refractivity contribution >= 4 is 0 Å². The van der Waals surface area contributed by atoms with E-state index in [1.54, 1.807) is 5.57 Å². The summed E-state index contributed by atoms with van der Waals surface area (Å²) in [6.45, 7) is 11.6. The van der Waals surface area contributed by atoms with Crippen LogP contribution in [-0.4, -0.2) is 0 Å². The summed E-state index contributed by atoms with van der Waals surface area (Å²) in [7, 11) is 0. The molecule has 3 atom stereocenters. The summed E-state index contributed by atoms with van der Waals surface area (Å²) in [5.74, 6) is 2.66. The number of allylic oxidation sites excluding steroid dienone is 1. The van der Waals surface area contributed by atoms with E-state index in [-0.39, 0.29) is 0 Å². The van der Waals surface area contributed by atoms with Crippen LogP contribution in [-0.2, 0) is 0 Å². The molecule has 2 fully saturated rings. The van der Waals surface area contributed by atoms with E-state index in [2.05, 4.69) is 27.4 Å². The van der Waals surface area contributed by atoms with Crippen molar-refractivity contribution in [1.29, 1.82) is 0 Å². The fraction of sp³-hybridized carbons (Fsp3) is 0.857. The molecule has 80 valence electrons. The van der Waals surface area contributed by atoms with Crippen molar-refractivity contribution in [2.75, 3.05) is 0 Å². The average Bonchev–Trinajstić information content (AvgIpc) is 2.43. The van der Waals surface area contributed by atoms with E-state index in [0.29, 0.717) is 5.41 Å². The first-order valence-corrected chi connectivity index (χ1v) is 6.23. The summed E-state index contributed by atoms with van der Waals surface area (Å²) in [6.07, 6.45) is 6.98. The smallest absolute Gasteiger partial charge is 0.0149 e. The molecule has 0 heterocycles. The first-order valence-electron chi connectivity index (χ1n) is 6.23. The Morgan fingerprint density at radius 3 is 2.71 bits per heavy atom. The molecular formula is C14H24. The third-order valence-corrected chi connectivity index (χ3v) is 4.92. The van der Waals surface area contributed by atoms with E-state index in [1.807, 2.05) is 0 Å². The van der Waals surface area contributed by atoms with Crippen LogP contribution in [0.5, 0.6) is 0 Å². The molecule has 0 aliphatic heterocycles. The van der Waals surface area contributed by atoms with Gasteiger partial charge >= 0.3 is 0 Å². The predicted octanol–water partition coefficient (Wildman–Crippen LogP) is 4.42. The van der Waals surface area contributed by atoms with Gasteiger partial charge in [-0.3, -0.25) is 0 Å². The van der Waals surface area contributed by atoms with Crippen molar-refractivity contribution in [1.82, 2.24) is 0 Å². The van der Waals surface area contributed by atoms with Gasteiger partial charge in [0.15, 0.2) is 0 Å². The Kier molecular flexibility index (Phi) is 2.49. The molecule has 0 N–H and O–H groups in total. The fourth-order valence-corrected chi connectivity index (χ4v) is 4.26. The van der Waals surface area contributed by atoms with Gasteiger partial charge in [0.1, 0.15) is 0 Å². The molecule has 0 radical (unpaired) electrons. The molecule has 0 aromatic rings.